The Balaban J connectivity index is 0.00000364. The van der Waals surface area contributed by atoms with Gasteiger partial charge in [0, 0.05) is 35.8 Å². The van der Waals surface area contributed by atoms with Gasteiger partial charge in [-0.2, -0.15) is 11.8 Å². The Morgan fingerprint density at radius 1 is 1.26 bits per heavy atom. The summed E-state index contributed by atoms with van der Waals surface area (Å²) in [5.74, 6) is 0.541. The van der Waals surface area contributed by atoms with Gasteiger partial charge in [-0.25, -0.2) is 0 Å². The minimum atomic E-state index is -0.966. The zero-order chi connectivity index (χ0) is 18.9. The van der Waals surface area contributed by atoms with Gasteiger partial charge in [0.2, 0.25) is 5.91 Å². The smallest absolute Gasteiger partial charge is 0.320 e. The van der Waals surface area contributed by atoms with Gasteiger partial charge >= 0.3 is 5.97 Å². The van der Waals surface area contributed by atoms with Gasteiger partial charge in [-0.15, -0.1) is 12.4 Å². The van der Waals surface area contributed by atoms with Crippen molar-refractivity contribution in [3.8, 4) is 0 Å². The number of nitrogens with one attached hydrogen (secondary N) is 2. The van der Waals surface area contributed by atoms with Gasteiger partial charge in [0.25, 0.3) is 5.91 Å². The van der Waals surface area contributed by atoms with E-state index in [1.807, 2.05) is 23.6 Å². The lowest BCUT2D eigenvalue weighted by Gasteiger charge is -2.26. The second kappa shape index (κ2) is 11.8. The molecule has 0 saturated carbocycles. The second-order valence-electron chi connectivity index (χ2n) is 6.09. The van der Waals surface area contributed by atoms with Crippen molar-refractivity contribution in [2.45, 2.75) is 25.8 Å². The van der Waals surface area contributed by atoms with E-state index in [0.717, 1.165) is 24.6 Å². The average Bonchev–Trinajstić information content (AvgIpc) is 2.65. The molecule has 0 aromatic heterocycles. The van der Waals surface area contributed by atoms with Crippen LogP contribution in [-0.4, -0.2) is 65.0 Å². The number of carbonyl (C=O) groups is 3. The molecule has 150 valence electrons. The molecule has 0 bridgehead atoms. The Labute approximate surface area is 169 Å². The van der Waals surface area contributed by atoms with Crippen molar-refractivity contribution in [1.82, 2.24) is 10.2 Å². The summed E-state index contributed by atoms with van der Waals surface area (Å²) in [7, 11) is 0. The van der Waals surface area contributed by atoms with Crippen LogP contribution in [0, 0.1) is 0 Å². The summed E-state index contributed by atoms with van der Waals surface area (Å²) < 4.78 is 0. The Kier molecular flexibility index (Phi) is 10.2. The van der Waals surface area contributed by atoms with Crippen LogP contribution in [0.5, 0.6) is 0 Å². The molecular weight excluding hydrogens is 390 g/mol. The number of hydrogen-bond donors (Lipinski definition) is 3. The van der Waals surface area contributed by atoms with E-state index in [9.17, 15) is 14.4 Å². The van der Waals surface area contributed by atoms with Crippen LogP contribution in [0.3, 0.4) is 0 Å². The summed E-state index contributed by atoms with van der Waals surface area (Å²) in [5.41, 5.74) is 1.06. The molecule has 27 heavy (non-hydrogen) atoms. The third-order valence-electron chi connectivity index (χ3n) is 4.08. The number of carbonyl (C=O) groups excluding carboxylic acids is 2. The van der Waals surface area contributed by atoms with Gasteiger partial charge in [-0.05, 0) is 24.6 Å². The molecule has 1 saturated heterocycles. The van der Waals surface area contributed by atoms with Crippen molar-refractivity contribution in [2.75, 3.05) is 36.5 Å². The van der Waals surface area contributed by atoms with Gasteiger partial charge in [-0.3, -0.25) is 19.7 Å². The molecule has 1 fully saturated rings. The lowest BCUT2D eigenvalue weighted by atomic mass is 10.1. The molecule has 1 aliphatic heterocycles. The molecule has 1 unspecified atom stereocenters. The van der Waals surface area contributed by atoms with Crippen LogP contribution < -0.4 is 10.6 Å². The second-order valence-corrected chi connectivity index (χ2v) is 7.32. The number of amides is 2. The Bertz CT molecular complexity index is 653. The van der Waals surface area contributed by atoms with Crippen molar-refractivity contribution in [3.05, 3.63) is 29.8 Å². The number of thioether (sulfide) groups is 1. The van der Waals surface area contributed by atoms with Gasteiger partial charge in [0.1, 0.15) is 6.04 Å². The van der Waals surface area contributed by atoms with Crippen molar-refractivity contribution >= 4 is 47.6 Å². The molecule has 1 aromatic rings. The number of halogens is 1. The lowest BCUT2D eigenvalue weighted by molar-refractivity contribution is -0.139. The van der Waals surface area contributed by atoms with Crippen molar-refractivity contribution in [1.29, 1.82) is 0 Å². The molecule has 0 radical (unpaired) electrons. The minimum Gasteiger partial charge on any atom is -0.480 e. The van der Waals surface area contributed by atoms with E-state index in [1.165, 1.54) is 0 Å². The van der Waals surface area contributed by atoms with Crippen LogP contribution >= 0.6 is 24.2 Å². The Morgan fingerprint density at radius 3 is 2.59 bits per heavy atom. The van der Waals surface area contributed by atoms with E-state index in [-0.39, 0.29) is 30.8 Å². The highest BCUT2D eigenvalue weighted by molar-refractivity contribution is 7.99. The molecule has 2 amide bonds. The van der Waals surface area contributed by atoms with E-state index in [1.54, 1.807) is 24.3 Å². The summed E-state index contributed by atoms with van der Waals surface area (Å²) in [4.78, 5) is 37.5. The van der Waals surface area contributed by atoms with Crippen molar-refractivity contribution in [2.24, 2.45) is 0 Å². The van der Waals surface area contributed by atoms with E-state index in [2.05, 4.69) is 10.6 Å². The van der Waals surface area contributed by atoms with Gasteiger partial charge in [0.05, 0.1) is 6.54 Å². The number of carboxylic acids is 1. The average molecular weight is 416 g/mol. The topological polar surface area (TPSA) is 98.7 Å². The monoisotopic (exact) mass is 415 g/mol. The SMILES string of the molecule is CCCC(NCC(=O)Nc1cccc(C(=O)N2CCSCC2)c1)C(=O)O.Cl. The largest absolute Gasteiger partial charge is 0.480 e. The summed E-state index contributed by atoms with van der Waals surface area (Å²) in [6.07, 6.45) is 1.17. The fourth-order valence-corrected chi connectivity index (χ4v) is 3.60. The highest BCUT2D eigenvalue weighted by Crippen LogP contribution is 2.16. The van der Waals surface area contributed by atoms with Crippen LogP contribution in [0.25, 0.3) is 0 Å². The molecule has 1 aliphatic rings. The van der Waals surface area contributed by atoms with Gasteiger partial charge in [-0.1, -0.05) is 19.4 Å². The summed E-state index contributed by atoms with van der Waals surface area (Å²) in [6, 6.07) is 6.09. The maximum atomic E-state index is 12.5. The summed E-state index contributed by atoms with van der Waals surface area (Å²) in [5, 5.41) is 14.5. The number of benzene rings is 1. The zero-order valence-electron chi connectivity index (χ0n) is 15.3. The molecule has 0 aliphatic carbocycles. The van der Waals surface area contributed by atoms with Gasteiger partial charge in [0.15, 0.2) is 0 Å². The van der Waals surface area contributed by atoms with Crippen LogP contribution in [0.4, 0.5) is 5.69 Å². The first kappa shape index (κ1) is 23.3. The third-order valence-corrected chi connectivity index (χ3v) is 5.02. The molecule has 1 atom stereocenters. The fraction of sp³-hybridized carbons (Fsp3) is 0.500. The number of aliphatic carboxylic acids is 1. The van der Waals surface area contributed by atoms with Crippen molar-refractivity contribution < 1.29 is 19.5 Å². The van der Waals surface area contributed by atoms with Crippen molar-refractivity contribution in [3.63, 3.8) is 0 Å². The molecule has 3 N–H and O–H groups in total. The first-order chi connectivity index (χ1) is 12.5. The van der Waals surface area contributed by atoms with Crippen LogP contribution in [0.15, 0.2) is 24.3 Å². The van der Waals surface area contributed by atoms with Crippen LogP contribution in [0.1, 0.15) is 30.1 Å². The molecule has 1 aromatic carbocycles. The number of carboxylic acid groups (broad SMARTS) is 1. The summed E-state index contributed by atoms with van der Waals surface area (Å²) in [6.45, 7) is 3.26. The van der Waals surface area contributed by atoms with E-state index in [4.69, 9.17) is 5.11 Å². The summed E-state index contributed by atoms with van der Waals surface area (Å²) >= 11 is 1.84. The maximum absolute atomic E-state index is 12.5. The predicted molar refractivity (Wildman–Crippen MR) is 110 cm³/mol. The molecule has 1 heterocycles. The minimum absolute atomic E-state index is 0. The van der Waals surface area contributed by atoms with E-state index in [0.29, 0.717) is 24.1 Å². The van der Waals surface area contributed by atoms with E-state index >= 15 is 0 Å². The highest BCUT2D eigenvalue weighted by Gasteiger charge is 2.19. The standard InChI is InChI=1S/C18H25N3O4S.ClH/c1-2-4-15(18(24)25)19-12-16(22)20-14-6-3-5-13(11-14)17(23)21-7-9-26-10-8-21;/h3,5-6,11,15,19H,2,4,7-10,12H2,1H3,(H,20,22)(H,24,25);1H. The highest BCUT2D eigenvalue weighted by atomic mass is 35.5. The number of rotatable bonds is 8. The van der Waals surface area contributed by atoms with E-state index < -0.39 is 12.0 Å². The lowest BCUT2D eigenvalue weighted by Crippen LogP contribution is -2.41. The number of nitrogens with zero attached hydrogens (tertiary/aromatic N) is 1. The maximum Gasteiger partial charge on any atom is 0.320 e. The van der Waals surface area contributed by atoms with Crippen LogP contribution in [0.2, 0.25) is 0 Å². The molecule has 9 heteroatoms. The third kappa shape index (κ3) is 7.40. The fourth-order valence-electron chi connectivity index (χ4n) is 2.70. The first-order valence-electron chi connectivity index (χ1n) is 8.74. The molecular formula is C18H26ClN3O4S. The number of anilines is 1. The normalized spacial score (nSPS) is 14.8. The Hall–Kier alpha value is -1.77. The number of hydrogen-bond acceptors (Lipinski definition) is 5. The zero-order valence-corrected chi connectivity index (χ0v) is 16.9. The molecule has 7 nitrogen and oxygen atoms in total. The molecule has 2 rings (SSSR count). The van der Waals surface area contributed by atoms with Gasteiger partial charge < -0.3 is 15.3 Å². The predicted octanol–water partition coefficient (Wildman–Crippen LogP) is 2.08. The van der Waals surface area contributed by atoms with Crippen LogP contribution in [-0.2, 0) is 9.59 Å². The quantitative estimate of drug-likeness (QED) is 0.601. The Morgan fingerprint density at radius 2 is 1.96 bits per heavy atom. The molecule has 0 spiro atoms. The first-order valence-corrected chi connectivity index (χ1v) is 9.90.